The molecule has 1 fully saturated rings. The Morgan fingerprint density at radius 1 is 1.48 bits per heavy atom. The number of aliphatic hydroxyl groups is 1. The summed E-state index contributed by atoms with van der Waals surface area (Å²) in [4.78, 5) is 6.57. The number of rotatable bonds is 5. The van der Waals surface area contributed by atoms with Crippen molar-refractivity contribution in [2.45, 2.75) is 12.2 Å². The van der Waals surface area contributed by atoms with Crippen molar-refractivity contribution in [3.8, 4) is 5.75 Å². The molecule has 1 aromatic heterocycles. The number of aromatic nitrogens is 1. The number of fused-ring (bicyclic) bond motifs is 1. The molecule has 0 radical (unpaired) electrons. The molecular formula is C17H23N3O3. The molecular weight excluding hydrogens is 294 g/mol. The van der Waals surface area contributed by atoms with Crippen LogP contribution in [0.5, 0.6) is 5.75 Å². The van der Waals surface area contributed by atoms with Crippen molar-refractivity contribution in [1.82, 2.24) is 9.88 Å². The van der Waals surface area contributed by atoms with Crippen LogP contribution in [0.3, 0.4) is 0 Å². The number of para-hydroxylation sites is 1. The van der Waals surface area contributed by atoms with Crippen molar-refractivity contribution in [1.29, 1.82) is 0 Å². The number of pyridine rings is 1. The van der Waals surface area contributed by atoms with Crippen LogP contribution in [0.4, 0.5) is 0 Å². The van der Waals surface area contributed by atoms with Crippen molar-refractivity contribution >= 4 is 10.9 Å². The number of benzene rings is 1. The summed E-state index contributed by atoms with van der Waals surface area (Å²) in [6, 6.07) is 7.62. The number of β-amino-alcohol motifs (C(OH)–C–C–N with tert-alkyl or cyclic N) is 1. The molecule has 0 saturated carbocycles. The van der Waals surface area contributed by atoms with Gasteiger partial charge in [0.2, 0.25) is 0 Å². The molecule has 2 atom stereocenters. The van der Waals surface area contributed by atoms with E-state index in [-0.39, 0.29) is 6.10 Å². The molecule has 1 saturated heterocycles. The van der Waals surface area contributed by atoms with Crippen LogP contribution in [0.1, 0.15) is 11.7 Å². The fraction of sp³-hybridized carbons (Fsp3) is 0.471. The molecule has 0 spiro atoms. The molecule has 124 valence electrons. The first-order valence-corrected chi connectivity index (χ1v) is 7.86. The normalized spacial score (nSPS) is 20.6. The highest BCUT2D eigenvalue weighted by Gasteiger charge is 2.23. The lowest BCUT2D eigenvalue weighted by atomic mass is 10.0. The van der Waals surface area contributed by atoms with Crippen LogP contribution in [0.2, 0.25) is 0 Å². The third kappa shape index (κ3) is 3.45. The fourth-order valence-electron chi connectivity index (χ4n) is 3.06. The lowest BCUT2D eigenvalue weighted by molar-refractivity contribution is -0.0359. The lowest BCUT2D eigenvalue weighted by Gasteiger charge is -2.33. The van der Waals surface area contributed by atoms with E-state index < -0.39 is 6.10 Å². The van der Waals surface area contributed by atoms with Crippen LogP contribution in [0, 0.1) is 0 Å². The highest BCUT2D eigenvalue weighted by molar-refractivity contribution is 5.87. The monoisotopic (exact) mass is 317 g/mol. The molecule has 6 nitrogen and oxygen atoms in total. The lowest BCUT2D eigenvalue weighted by Crippen LogP contribution is -2.46. The number of nitrogens with zero attached hydrogens (tertiary/aromatic N) is 2. The van der Waals surface area contributed by atoms with Crippen molar-refractivity contribution < 1.29 is 14.6 Å². The Kier molecular flexibility index (Phi) is 5.07. The fourth-order valence-corrected chi connectivity index (χ4v) is 3.06. The second-order valence-corrected chi connectivity index (χ2v) is 5.76. The Balaban J connectivity index is 1.82. The van der Waals surface area contributed by atoms with E-state index in [0.29, 0.717) is 25.4 Å². The summed E-state index contributed by atoms with van der Waals surface area (Å²) in [5.41, 5.74) is 7.31. The van der Waals surface area contributed by atoms with Gasteiger partial charge in [0.25, 0.3) is 0 Å². The van der Waals surface area contributed by atoms with E-state index >= 15 is 0 Å². The van der Waals surface area contributed by atoms with Gasteiger partial charge in [-0.3, -0.25) is 9.88 Å². The summed E-state index contributed by atoms with van der Waals surface area (Å²) < 4.78 is 10.9. The summed E-state index contributed by atoms with van der Waals surface area (Å²) in [6.45, 7) is 3.26. The SMILES string of the molecule is COc1cccc2c(C(O)CN3CCOC(CN)C3)ccnc12. The van der Waals surface area contributed by atoms with Crippen molar-refractivity contribution in [2.24, 2.45) is 5.73 Å². The summed E-state index contributed by atoms with van der Waals surface area (Å²) in [7, 11) is 1.63. The van der Waals surface area contributed by atoms with Crippen LogP contribution in [-0.2, 0) is 4.74 Å². The Hall–Kier alpha value is -1.73. The number of methoxy groups -OCH3 is 1. The molecule has 6 heteroatoms. The number of nitrogens with two attached hydrogens (primary N) is 1. The smallest absolute Gasteiger partial charge is 0.145 e. The predicted molar refractivity (Wildman–Crippen MR) is 88.5 cm³/mol. The molecule has 1 aromatic carbocycles. The van der Waals surface area contributed by atoms with Crippen LogP contribution < -0.4 is 10.5 Å². The van der Waals surface area contributed by atoms with Crippen LogP contribution >= 0.6 is 0 Å². The Morgan fingerprint density at radius 3 is 3.13 bits per heavy atom. The van der Waals surface area contributed by atoms with E-state index in [1.165, 1.54) is 0 Å². The van der Waals surface area contributed by atoms with Gasteiger partial charge in [-0.25, -0.2) is 0 Å². The van der Waals surface area contributed by atoms with Gasteiger partial charge in [-0.05, 0) is 17.7 Å². The number of ether oxygens (including phenoxy) is 2. The summed E-state index contributed by atoms with van der Waals surface area (Å²) in [5.74, 6) is 0.714. The largest absolute Gasteiger partial charge is 0.494 e. The molecule has 1 aliphatic heterocycles. The second-order valence-electron chi connectivity index (χ2n) is 5.76. The third-order valence-corrected chi connectivity index (χ3v) is 4.26. The predicted octanol–water partition coefficient (Wildman–Crippen LogP) is 0.936. The standard InChI is InChI=1S/C17H23N3O3/c1-22-16-4-2-3-14-13(5-6-19-17(14)16)15(21)11-20-7-8-23-12(9-18)10-20/h2-6,12,15,21H,7-11,18H2,1H3. The van der Waals surface area contributed by atoms with Gasteiger partial charge in [-0.15, -0.1) is 0 Å². The van der Waals surface area contributed by atoms with Crippen molar-refractivity contribution in [3.63, 3.8) is 0 Å². The van der Waals surface area contributed by atoms with E-state index in [2.05, 4.69) is 9.88 Å². The number of hydrogen-bond donors (Lipinski definition) is 2. The number of aliphatic hydroxyl groups excluding tert-OH is 1. The molecule has 1 aliphatic rings. The summed E-state index contributed by atoms with van der Waals surface area (Å²) in [5, 5.41) is 11.6. The van der Waals surface area contributed by atoms with Gasteiger partial charge in [0, 0.05) is 37.8 Å². The molecule has 2 unspecified atom stereocenters. The van der Waals surface area contributed by atoms with E-state index in [0.717, 1.165) is 29.6 Å². The molecule has 3 rings (SSSR count). The summed E-state index contributed by atoms with van der Waals surface area (Å²) in [6.07, 6.45) is 1.17. The maximum Gasteiger partial charge on any atom is 0.145 e. The zero-order chi connectivity index (χ0) is 16.2. The number of hydrogen-bond acceptors (Lipinski definition) is 6. The first-order chi connectivity index (χ1) is 11.2. The Morgan fingerprint density at radius 2 is 2.35 bits per heavy atom. The molecule has 2 heterocycles. The molecule has 3 N–H and O–H groups in total. The topological polar surface area (TPSA) is 80.8 Å². The first kappa shape index (κ1) is 16.1. The highest BCUT2D eigenvalue weighted by Crippen LogP contribution is 2.29. The Bertz CT molecular complexity index is 665. The number of morpholine rings is 1. The molecule has 23 heavy (non-hydrogen) atoms. The van der Waals surface area contributed by atoms with Crippen LogP contribution in [0.25, 0.3) is 10.9 Å². The molecule has 0 bridgehead atoms. The van der Waals surface area contributed by atoms with Gasteiger partial charge < -0.3 is 20.3 Å². The molecule has 2 aromatic rings. The van der Waals surface area contributed by atoms with Crippen LogP contribution in [0.15, 0.2) is 30.5 Å². The van der Waals surface area contributed by atoms with E-state index in [1.807, 2.05) is 24.3 Å². The minimum absolute atomic E-state index is 0.0465. The molecule has 0 aliphatic carbocycles. The average molecular weight is 317 g/mol. The highest BCUT2D eigenvalue weighted by atomic mass is 16.5. The molecule has 0 amide bonds. The zero-order valence-corrected chi connectivity index (χ0v) is 13.3. The van der Waals surface area contributed by atoms with Gasteiger partial charge in [0.1, 0.15) is 11.3 Å². The minimum atomic E-state index is -0.593. The third-order valence-electron chi connectivity index (χ3n) is 4.26. The first-order valence-electron chi connectivity index (χ1n) is 7.86. The zero-order valence-electron chi connectivity index (χ0n) is 13.3. The van der Waals surface area contributed by atoms with Gasteiger partial charge >= 0.3 is 0 Å². The quantitative estimate of drug-likeness (QED) is 0.854. The van der Waals surface area contributed by atoms with E-state index in [9.17, 15) is 5.11 Å². The van der Waals surface area contributed by atoms with Gasteiger partial charge in [-0.1, -0.05) is 12.1 Å². The van der Waals surface area contributed by atoms with E-state index in [1.54, 1.807) is 13.3 Å². The summed E-state index contributed by atoms with van der Waals surface area (Å²) >= 11 is 0. The van der Waals surface area contributed by atoms with Gasteiger partial charge in [0.05, 0.1) is 25.9 Å². The van der Waals surface area contributed by atoms with Gasteiger partial charge in [0.15, 0.2) is 0 Å². The maximum absolute atomic E-state index is 10.7. The van der Waals surface area contributed by atoms with Crippen molar-refractivity contribution in [2.75, 3.05) is 39.9 Å². The van der Waals surface area contributed by atoms with Crippen LogP contribution in [-0.4, -0.2) is 61.0 Å². The minimum Gasteiger partial charge on any atom is -0.494 e. The van der Waals surface area contributed by atoms with E-state index in [4.69, 9.17) is 15.2 Å². The second kappa shape index (κ2) is 7.23. The van der Waals surface area contributed by atoms with Crippen molar-refractivity contribution in [3.05, 3.63) is 36.0 Å². The maximum atomic E-state index is 10.7. The van der Waals surface area contributed by atoms with Gasteiger partial charge in [-0.2, -0.15) is 0 Å². The average Bonchev–Trinajstić information content (AvgIpc) is 2.60. The Labute approximate surface area is 135 Å².